The monoisotopic (exact) mass is 469 g/mol. The van der Waals surface area contributed by atoms with Crippen molar-refractivity contribution in [3.8, 4) is 17.0 Å². The maximum atomic E-state index is 12.3. The minimum atomic E-state index is -3.86. The predicted molar refractivity (Wildman–Crippen MR) is 124 cm³/mol. The van der Waals surface area contributed by atoms with Crippen LogP contribution in [0.4, 0.5) is 5.13 Å². The SMILES string of the molecule is O=S(=O)(Oc1ccc(C=NNc2nc(-c3ccc(Cl)cc3)cs2)cc1)c1ccccc1. The summed E-state index contributed by atoms with van der Waals surface area (Å²) >= 11 is 7.35. The molecule has 156 valence electrons. The molecule has 0 fully saturated rings. The molecule has 1 N–H and O–H groups in total. The van der Waals surface area contributed by atoms with Gasteiger partial charge in [0.15, 0.2) is 0 Å². The van der Waals surface area contributed by atoms with Gasteiger partial charge in [-0.15, -0.1) is 11.3 Å². The van der Waals surface area contributed by atoms with Gasteiger partial charge in [-0.1, -0.05) is 41.9 Å². The van der Waals surface area contributed by atoms with Gasteiger partial charge in [-0.25, -0.2) is 4.98 Å². The van der Waals surface area contributed by atoms with Gasteiger partial charge >= 0.3 is 10.1 Å². The zero-order valence-electron chi connectivity index (χ0n) is 16.0. The molecule has 0 atom stereocenters. The third kappa shape index (κ3) is 5.49. The lowest BCUT2D eigenvalue weighted by Crippen LogP contribution is -2.09. The van der Waals surface area contributed by atoms with Gasteiger partial charge in [-0.05, 0) is 54.1 Å². The highest BCUT2D eigenvalue weighted by molar-refractivity contribution is 7.87. The second-order valence-corrected chi connectivity index (χ2v) is 9.18. The van der Waals surface area contributed by atoms with E-state index in [0.29, 0.717) is 10.2 Å². The number of halogens is 1. The van der Waals surface area contributed by atoms with Crippen LogP contribution < -0.4 is 9.61 Å². The molecule has 0 saturated carbocycles. The fraction of sp³-hybridized carbons (Fsp3) is 0. The summed E-state index contributed by atoms with van der Waals surface area (Å²) in [5.41, 5.74) is 5.47. The molecule has 9 heteroatoms. The number of hydrogen-bond donors (Lipinski definition) is 1. The van der Waals surface area contributed by atoms with Crippen LogP contribution in [0.3, 0.4) is 0 Å². The van der Waals surface area contributed by atoms with E-state index >= 15 is 0 Å². The molecule has 0 saturated heterocycles. The standard InChI is InChI=1S/C22H16ClN3O3S2/c23-18-10-8-17(9-11-18)21-15-30-22(25-21)26-24-14-16-6-12-19(13-7-16)29-31(27,28)20-4-2-1-3-5-20/h1-15H,(H,25,26). The molecule has 0 aliphatic rings. The molecule has 4 rings (SSSR count). The Hall–Kier alpha value is -3.20. The predicted octanol–water partition coefficient (Wildman–Crippen LogP) is 5.68. The van der Waals surface area contributed by atoms with E-state index in [1.807, 2.05) is 29.6 Å². The molecule has 0 unspecified atom stereocenters. The number of hydrogen-bond acceptors (Lipinski definition) is 7. The molecule has 0 amide bonds. The second-order valence-electron chi connectivity index (χ2n) is 6.33. The summed E-state index contributed by atoms with van der Waals surface area (Å²) in [7, 11) is -3.86. The molecule has 1 aromatic heterocycles. The van der Waals surface area contributed by atoms with Crippen molar-refractivity contribution in [1.29, 1.82) is 0 Å². The van der Waals surface area contributed by atoms with Crippen LogP contribution in [0.15, 0.2) is 94.2 Å². The van der Waals surface area contributed by atoms with Crippen molar-refractivity contribution in [1.82, 2.24) is 4.98 Å². The third-order valence-corrected chi connectivity index (χ3v) is 6.40. The first kappa shape index (κ1) is 21.0. The van der Waals surface area contributed by atoms with Crippen LogP contribution in [-0.4, -0.2) is 19.6 Å². The first-order valence-electron chi connectivity index (χ1n) is 9.10. The number of aromatic nitrogens is 1. The number of anilines is 1. The van der Waals surface area contributed by atoms with E-state index in [-0.39, 0.29) is 10.6 Å². The summed E-state index contributed by atoms with van der Waals surface area (Å²) in [5, 5.41) is 7.43. The molecule has 0 aliphatic carbocycles. The van der Waals surface area contributed by atoms with Crippen molar-refractivity contribution in [2.45, 2.75) is 4.90 Å². The minimum absolute atomic E-state index is 0.103. The number of nitrogens with zero attached hydrogens (tertiary/aromatic N) is 2. The molecule has 6 nitrogen and oxygen atoms in total. The van der Waals surface area contributed by atoms with Crippen molar-refractivity contribution in [3.63, 3.8) is 0 Å². The van der Waals surface area contributed by atoms with Crippen LogP contribution >= 0.6 is 22.9 Å². The average Bonchev–Trinajstić information content (AvgIpc) is 3.25. The molecule has 3 aromatic carbocycles. The maximum Gasteiger partial charge on any atom is 0.339 e. The highest BCUT2D eigenvalue weighted by atomic mass is 35.5. The van der Waals surface area contributed by atoms with Crippen LogP contribution in [0.1, 0.15) is 5.56 Å². The Morgan fingerprint density at radius 3 is 2.39 bits per heavy atom. The van der Waals surface area contributed by atoms with Gasteiger partial charge in [0.1, 0.15) is 10.6 Å². The third-order valence-electron chi connectivity index (χ3n) is 4.14. The van der Waals surface area contributed by atoms with Crippen LogP contribution in [0.25, 0.3) is 11.3 Å². The zero-order valence-corrected chi connectivity index (χ0v) is 18.4. The maximum absolute atomic E-state index is 12.3. The van der Waals surface area contributed by atoms with Crippen molar-refractivity contribution in [2.24, 2.45) is 5.10 Å². The van der Waals surface area contributed by atoms with E-state index in [0.717, 1.165) is 16.8 Å². The molecule has 0 radical (unpaired) electrons. The normalized spacial score (nSPS) is 11.5. The molecular formula is C22H16ClN3O3S2. The molecule has 1 heterocycles. The van der Waals surface area contributed by atoms with Crippen molar-refractivity contribution in [2.75, 3.05) is 5.43 Å². The summed E-state index contributed by atoms with van der Waals surface area (Å²) in [5.74, 6) is 0.224. The van der Waals surface area contributed by atoms with Crippen molar-refractivity contribution < 1.29 is 12.6 Å². The van der Waals surface area contributed by atoms with Crippen LogP contribution in [0.5, 0.6) is 5.75 Å². The lowest BCUT2D eigenvalue weighted by molar-refractivity contribution is 0.486. The summed E-state index contributed by atoms with van der Waals surface area (Å²) in [6, 6.07) is 22.0. The van der Waals surface area contributed by atoms with Gasteiger partial charge in [0, 0.05) is 16.0 Å². The Morgan fingerprint density at radius 1 is 0.968 bits per heavy atom. The highest BCUT2D eigenvalue weighted by Crippen LogP contribution is 2.26. The van der Waals surface area contributed by atoms with Gasteiger partial charge in [0.05, 0.1) is 11.9 Å². The summed E-state index contributed by atoms with van der Waals surface area (Å²) in [6.45, 7) is 0. The van der Waals surface area contributed by atoms with Gasteiger partial charge in [0.25, 0.3) is 0 Å². The Balaban J connectivity index is 1.37. The zero-order chi connectivity index (χ0) is 21.7. The van der Waals surface area contributed by atoms with Crippen molar-refractivity contribution >= 4 is 44.4 Å². The molecule has 0 bridgehead atoms. The highest BCUT2D eigenvalue weighted by Gasteiger charge is 2.15. The number of benzene rings is 3. The molecule has 0 aliphatic heterocycles. The largest absolute Gasteiger partial charge is 0.379 e. The summed E-state index contributed by atoms with van der Waals surface area (Å²) in [4.78, 5) is 4.59. The van der Waals surface area contributed by atoms with E-state index in [4.69, 9.17) is 15.8 Å². The number of thiazole rings is 1. The summed E-state index contributed by atoms with van der Waals surface area (Å²) in [6.07, 6.45) is 1.61. The molecule has 4 aromatic rings. The first-order chi connectivity index (χ1) is 15.0. The van der Waals surface area contributed by atoms with Gasteiger partial charge in [-0.3, -0.25) is 5.43 Å². The van der Waals surface area contributed by atoms with Crippen LogP contribution in [0.2, 0.25) is 5.02 Å². The molecule has 0 spiro atoms. The van der Waals surface area contributed by atoms with E-state index in [1.165, 1.54) is 23.5 Å². The number of nitrogens with one attached hydrogen (secondary N) is 1. The fourth-order valence-electron chi connectivity index (χ4n) is 2.61. The van der Waals surface area contributed by atoms with Crippen LogP contribution in [-0.2, 0) is 10.1 Å². The quantitative estimate of drug-likeness (QED) is 0.214. The Labute approximate surface area is 188 Å². The molecular weight excluding hydrogens is 454 g/mol. The minimum Gasteiger partial charge on any atom is -0.379 e. The smallest absolute Gasteiger partial charge is 0.339 e. The lowest BCUT2D eigenvalue weighted by Gasteiger charge is -2.06. The number of hydrazone groups is 1. The Bertz CT molecular complexity index is 1290. The average molecular weight is 470 g/mol. The second kappa shape index (κ2) is 9.30. The van der Waals surface area contributed by atoms with E-state index in [1.54, 1.807) is 48.7 Å². The lowest BCUT2D eigenvalue weighted by atomic mass is 10.2. The van der Waals surface area contributed by atoms with E-state index in [2.05, 4.69) is 15.5 Å². The van der Waals surface area contributed by atoms with Crippen LogP contribution in [0, 0.1) is 0 Å². The fourth-order valence-corrected chi connectivity index (χ4v) is 4.36. The van der Waals surface area contributed by atoms with Crippen molar-refractivity contribution in [3.05, 3.63) is 94.8 Å². The van der Waals surface area contributed by atoms with Gasteiger partial charge < -0.3 is 4.18 Å². The van der Waals surface area contributed by atoms with E-state index < -0.39 is 10.1 Å². The van der Waals surface area contributed by atoms with Gasteiger partial charge in [0.2, 0.25) is 5.13 Å². The number of rotatable bonds is 7. The molecule has 31 heavy (non-hydrogen) atoms. The van der Waals surface area contributed by atoms with E-state index in [9.17, 15) is 8.42 Å². The topological polar surface area (TPSA) is 80.7 Å². The first-order valence-corrected chi connectivity index (χ1v) is 11.8. The Morgan fingerprint density at radius 2 is 1.68 bits per heavy atom. The Kier molecular flexibility index (Phi) is 6.31. The van der Waals surface area contributed by atoms with Gasteiger partial charge in [-0.2, -0.15) is 13.5 Å². The summed E-state index contributed by atoms with van der Waals surface area (Å²) < 4.78 is 29.7.